The van der Waals surface area contributed by atoms with Crippen molar-refractivity contribution in [3.05, 3.63) is 42.1 Å². The fraction of sp³-hybridized carbons (Fsp3) is 0.412. The maximum absolute atomic E-state index is 12.8. The summed E-state index contributed by atoms with van der Waals surface area (Å²) in [6.45, 7) is 3.82. The number of benzene rings is 1. The van der Waals surface area contributed by atoms with Crippen molar-refractivity contribution in [2.45, 2.75) is 25.3 Å². The number of rotatable bonds is 2. The molecule has 0 aliphatic carbocycles. The fourth-order valence-electron chi connectivity index (χ4n) is 2.91. The lowest BCUT2D eigenvalue weighted by molar-refractivity contribution is 0.0664. The summed E-state index contributed by atoms with van der Waals surface area (Å²) >= 11 is 0. The lowest BCUT2D eigenvalue weighted by Gasteiger charge is -2.39. The zero-order chi connectivity index (χ0) is 14.9. The van der Waals surface area contributed by atoms with Crippen molar-refractivity contribution in [3.8, 4) is 0 Å². The molecule has 0 unspecified atom stereocenters. The highest BCUT2D eigenvalue weighted by Gasteiger charge is 2.31. The molecule has 1 aliphatic heterocycles. The minimum absolute atomic E-state index is 0.117. The van der Waals surface area contributed by atoms with E-state index in [9.17, 15) is 4.79 Å². The molecule has 0 saturated carbocycles. The van der Waals surface area contributed by atoms with Crippen molar-refractivity contribution in [1.82, 2.24) is 15.2 Å². The topological polar surface area (TPSA) is 45.2 Å². The Morgan fingerprint density at radius 1 is 1.24 bits per heavy atom. The van der Waals surface area contributed by atoms with Crippen LogP contribution in [0.25, 0.3) is 10.9 Å². The second kappa shape index (κ2) is 5.45. The number of amides is 1. The molecule has 0 radical (unpaired) electrons. The van der Waals surface area contributed by atoms with Gasteiger partial charge in [-0.25, -0.2) is 0 Å². The van der Waals surface area contributed by atoms with Crippen LogP contribution in [0.15, 0.2) is 36.5 Å². The highest BCUT2D eigenvalue weighted by molar-refractivity contribution is 6.06. The first-order chi connectivity index (χ1) is 10.1. The highest BCUT2D eigenvalue weighted by Crippen LogP contribution is 2.24. The second-order valence-electron chi connectivity index (χ2n) is 5.98. The maximum Gasteiger partial charge on any atom is 0.254 e. The Balaban J connectivity index is 1.85. The third kappa shape index (κ3) is 2.63. The molecule has 1 aromatic heterocycles. The number of likely N-dealkylation sites (tertiary alicyclic amines) is 1. The molecule has 1 aromatic carbocycles. The highest BCUT2D eigenvalue weighted by atomic mass is 16.2. The van der Waals surface area contributed by atoms with Gasteiger partial charge in [-0.3, -0.25) is 9.78 Å². The summed E-state index contributed by atoms with van der Waals surface area (Å²) in [6, 6.07) is 9.60. The van der Waals surface area contributed by atoms with Crippen LogP contribution >= 0.6 is 0 Å². The SMILES string of the molecule is CNC1(C)CCN(C(=O)c2cccc3ncccc23)CC1. The number of carbonyl (C=O) groups is 1. The van der Waals surface area contributed by atoms with Gasteiger partial charge in [0.1, 0.15) is 0 Å². The van der Waals surface area contributed by atoms with E-state index in [0.717, 1.165) is 42.4 Å². The lowest BCUT2D eigenvalue weighted by Crippen LogP contribution is -2.51. The Hall–Kier alpha value is -1.94. The molecular formula is C17H21N3O. The maximum atomic E-state index is 12.8. The number of nitrogens with zero attached hydrogens (tertiary/aromatic N) is 2. The van der Waals surface area contributed by atoms with Gasteiger partial charge in [0.15, 0.2) is 0 Å². The van der Waals surface area contributed by atoms with E-state index in [0.29, 0.717) is 0 Å². The van der Waals surface area contributed by atoms with Gasteiger partial charge in [-0.2, -0.15) is 0 Å². The number of pyridine rings is 1. The number of nitrogens with one attached hydrogen (secondary N) is 1. The second-order valence-corrected chi connectivity index (χ2v) is 5.98. The Kier molecular flexibility index (Phi) is 3.64. The molecule has 0 spiro atoms. The average molecular weight is 283 g/mol. The van der Waals surface area contributed by atoms with E-state index < -0.39 is 0 Å². The van der Waals surface area contributed by atoms with Gasteiger partial charge in [0.2, 0.25) is 0 Å². The lowest BCUT2D eigenvalue weighted by atomic mass is 9.89. The summed E-state index contributed by atoms with van der Waals surface area (Å²) in [7, 11) is 1.99. The van der Waals surface area contributed by atoms with E-state index in [1.54, 1.807) is 6.20 Å². The van der Waals surface area contributed by atoms with Crippen molar-refractivity contribution in [2.24, 2.45) is 0 Å². The van der Waals surface area contributed by atoms with Gasteiger partial charge in [0.05, 0.1) is 5.52 Å². The van der Waals surface area contributed by atoms with Crippen LogP contribution in [0.4, 0.5) is 0 Å². The molecule has 1 aliphatic rings. The Morgan fingerprint density at radius 2 is 2.00 bits per heavy atom. The molecule has 4 heteroatoms. The van der Waals surface area contributed by atoms with Crippen LogP contribution in [-0.2, 0) is 0 Å². The van der Waals surface area contributed by atoms with Crippen LogP contribution in [-0.4, -0.2) is 41.5 Å². The molecule has 1 N–H and O–H groups in total. The Labute approximate surface area is 125 Å². The summed E-state index contributed by atoms with van der Waals surface area (Å²) in [6.07, 6.45) is 3.73. The first-order valence-corrected chi connectivity index (χ1v) is 7.45. The number of hydrogen-bond donors (Lipinski definition) is 1. The predicted molar refractivity (Wildman–Crippen MR) is 84.3 cm³/mol. The van der Waals surface area contributed by atoms with E-state index in [2.05, 4.69) is 17.2 Å². The molecule has 3 rings (SSSR count). The Bertz CT molecular complexity index is 655. The average Bonchev–Trinajstić information content (AvgIpc) is 2.54. The van der Waals surface area contributed by atoms with Gasteiger partial charge >= 0.3 is 0 Å². The summed E-state index contributed by atoms with van der Waals surface area (Å²) in [5.41, 5.74) is 1.78. The number of piperidine rings is 1. The minimum atomic E-state index is 0.117. The van der Waals surface area contributed by atoms with Crippen molar-refractivity contribution in [2.75, 3.05) is 20.1 Å². The van der Waals surface area contributed by atoms with Crippen LogP contribution in [0, 0.1) is 0 Å². The zero-order valence-electron chi connectivity index (χ0n) is 12.6. The fourth-order valence-corrected chi connectivity index (χ4v) is 2.91. The molecule has 1 amide bonds. The van der Waals surface area contributed by atoms with Gasteiger partial charge in [-0.05, 0) is 45.0 Å². The van der Waals surface area contributed by atoms with Crippen LogP contribution in [0.5, 0.6) is 0 Å². The smallest absolute Gasteiger partial charge is 0.254 e. The van der Waals surface area contributed by atoms with Gasteiger partial charge in [0.25, 0.3) is 5.91 Å². The number of carbonyl (C=O) groups excluding carboxylic acids is 1. The van der Waals surface area contributed by atoms with Crippen LogP contribution in [0.3, 0.4) is 0 Å². The molecule has 1 fully saturated rings. The van der Waals surface area contributed by atoms with E-state index in [1.807, 2.05) is 42.3 Å². The normalized spacial score (nSPS) is 17.9. The summed E-state index contributed by atoms with van der Waals surface area (Å²) < 4.78 is 0. The molecular weight excluding hydrogens is 262 g/mol. The standard InChI is InChI=1S/C17H21N3O/c1-17(18-2)8-11-20(12-9-17)16(21)14-5-3-7-15-13(14)6-4-10-19-15/h3-7,10,18H,8-9,11-12H2,1-2H3. The van der Waals surface area contributed by atoms with Crippen molar-refractivity contribution >= 4 is 16.8 Å². The minimum Gasteiger partial charge on any atom is -0.338 e. The van der Waals surface area contributed by atoms with Gasteiger partial charge in [-0.1, -0.05) is 12.1 Å². The van der Waals surface area contributed by atoms with E-state index in [4.69, 9.17) is 0 Å². The number of hydrogen-bond acceptors (Lipinski definition) is 3. The zero-order valence-corrected chi connectivity index (χ0v) is 12.6. The molecule has 21 heavy (non-hydrogen) atoms. The quantitative estimate of drug-likeness (QED) is 0.921. The van der Waals surface area contributed by atoms with E-state index in [1.165, 1.54) is 0 Å². The van der Waals surface area contributed by atoms with E-state index >= 15 is 0 Å². The molecule has 0 atom stereocenters. The molecule has 110 valence electrons. The monoisotopic (exact) mass is 283 g/mol. The van der Waals surface area contributed by atoms with Crippen molar-refractivity contribution in [1.29, 1.82) is 0 Å². The molecule has 4 nitrogen and oxygen atoms in total. The first-order valence-electron chi connectivity index (χ1n) is 7.45. The Morgan fingerprint density at radius 3 is 2.71 bits per heavy atom. The van der Waals surface area contributed by atoms with Gasteiger partial charge in [-0.15, -0.1) is 0 Å². The molecule has 0 bridgehead atoms. The van der Waals surface area contributed by atoms with Crippen LogP contribution in [0.2, 0.25) is 0 Å². The summed E-state index contributed by atoms with van der Waals surface area (Å²) in [5.74, 6) is 0.117. The predicted octanol–water partition coefficient (Wildman–Crippen LogP) is 2.45. The van der Waals surface area contributed by atoms with Gasteiger partial charge < -0.3 is 10.2 Å². The number of aromatic nitrogens is 1. The number of fused-ring (bicyclic) bond motifs is 1. The van der Waals surface area contributed by atoms with Crippen molar-refractivity contribution in [3.63, 3.8) is 0 Å². The van der Waals surface area contributed by atoms with E-state index in [-0.39, 0.29) is 11.4 Å². The molecule has 1 saturated heterocycles. The van der Waals surface area contributed by atoms with Crippen molar-refractivity contribution < 1.29 is 4.79 Å². The van der Waals surface area contributed by atoms with Crippen LogP contribution < -0.4 is 5.32 Å². The van der Waals surface area contributed by atoms with Gasteiger partial charge in [0, 0.05) is 35.8 Å². The third-order valence-corrected chi connectivity index (χ3v) is 4.63. The first kappa shape index (κ1) is 14.0. The molecule has 2 aromatic rings. The summed E-state index contributed by atoms with van der Waals surface area (Å²) in [5, 5.41) is 4.30. The largest absolute Gasteiger partial charge is 0.338 e. The summed E-state index contributed by atoms with van der Waals surface area (Å²) in [4.78, 5) is 19.1. The molecule has 2 heterocycles. The van der Waals surface area contributed by atoms with Crippen LogP contribution in [0.1, 0.15) is 30.1 Å². The third-order valence-electron chi connectivity index (χ3n) is 4.63.